The fraction of sp³-hybridized carbons (Fsp3) is 0.111. The van der Waals surface area contributed by atoms with Crippen molar-refractivity contribution >= 4 is 11.9 Å². The quantitative estimate of drug-likeness (QED) is 0.417. The van der Waals surface area contributed by atoms with Gasteiger partial charge in [-0.2, -0.15) is 4.39 Å². The Balaban J connectivity index is 2.88. The summed E-state index contributed by atoms with van der Waals surface area (Å²) in [6.45, 7) is 0. The molecule has 0 saturated heterocycles. The first-order valence-electron chi connectivity index (χ1n) is 4.00. The van der Waals surface area contributed by atoms with Crippen LogP contribution in [-0.4, -0.2) is 19.0 Å². The molecule has 1 heterocycles. The molecule has 0 radical (unpaired) electrons. The molecule has 0 fully saturated rings. The molecule has 16 heavy (non-hydrogen) atoms. The third-order valence-corrected chi connectivity index (χ3v) is 2.08. The normalized spacial score (nSPS) is 13.8. The van der Waals surface area contributed by atoms with Crippen LogP contribution >= 0.6 is 0 Å². The van der Waals surface area contributed by atoms with Crippen LogP contribution in [0, 0.1) is 17.5 Å². The third-order valence-electron chi connectivity index (χ3n) is 2.08. The van der Waals surface area contributed by atoms with E-state index in [9.17, 15) is 22.8 Å². The molecule has 0 amide bonds. The van der Waals surface area contributed by atoms with Crippen LogP contribution in [0.5, 0.6) is 5.75 Å². The molecular formula is C9H3F3O4. The lowest BCUT2D eigenvalue weighted by Crippen LogP contribution is -2.06. The topological polar surface area (TPSA) is 52.6 Å². The Kier molecular flexibility index (Phi) is 2.11. The fourth-order valence-electron chi connectivity index (χ4n) is 1.39. The van der Waals surface area contributed by atoms with Crippen LogP contribution in [0.3, 0.4) is 0 Å². The molecule has 1 aliphatic rings. The predicted molar refractivity (Wildman–Crippen MR) is 42.6 cm³/mol. The smallest absolute Gasteiger partial charge is 0.350 e. The Morgan fingerprint density at radius 1 is 0.938 bits per heavy atom. The predicted octanol–water partition coefficient (Wildman–Crippen LogP) is 1.42. The van der Waals surface area contributed by atoms with Crippen LogP contribution in [0.1, 0.15) is 20.7 Å². The van der Waals surface area contributed by atoms with Crippen LogP contribution in [0.2, 0.25) is 0 Å². The lowest BCUT2D eigenvalue weighted by molar-refractivity contribution is 0.0440. The van der Waals surface area contributed by atoms with Gasteiger partial charge in [-0.3, -0.25) is 0 Å². The van der Waals surface area contributed by atoms with Gasteiger partial charge in [0.1, 0.15) is 11.1 Å². The molecule has 0 spiro atoms. The standard InChI is InChI=1S/C9H3F3O4/c1-15-7-5(11)3-2(4(10)6(7)12)8(13)16-9(3)14/h1H3. The first-order chi connectivity index (χ1) is 7.49. The Bertz CT molecular complexity index is 524. The summed E-state index contributed by atoms with van der Waals surface area (Å²) in [5, 5.41) is 0. The third kappa shape index (κ3) is 1.11. The second kappa shape index (κ2) is 3.22. The molecule has 1 aromatic carbocycles. The van der Waals surface area contributed by atoms with Gasteiger partial charge in [-0.05, 0) is 0 Å². The number of halogens is 3. The highest BCUT2D eigenvalue weighted by atomic mass is 19.2. The molecule has 7 heteroatoms. The van der Waals surface area contributed by atoms with Crippen molar-refractivity contribution in [3.63, 3.8) is 0 Å². The number of hydrogen-bond donors (Lipinski definition) is 0. The number of benzene rings is 1. The molecule has 4 nitrogen and oxygen atoms in total. The average molecular weight is 232 g/mol. The van der Waals surface area contributed by atoms with Crippen molar-refractivity contribution in [1.29, 1.82) is 0 Å². The maximum absolute atomic E-state index is 13.5. The zero-order valence-corrected chi connectivity index (χ0v) is 7.77. The minimum atomic E-state index is -1.68. The summed E-state index contributed by atoms with van der Waals surface area (Å²) in [6.07, 6.45) is 0. The molecule has 2 rings (SSSR count). The number of ether oxygens (including phenoxy) is 2. The van der Waals surface area contributed by atoms with Crippen molar-refractivity contribution < 1.29 is 32.2 Å². The van der Waals surface area contributed by atoms with Crippen molar-refractivity contribution in [2.24, 2.45) is 0 Å². The van der Waals surface area contributed by atoms with Crippen molar-refractivity contribution in [3.05, 3.63) is 28.6 Å². The Morgan fingerprint density at radius 2 is 1.44 bits per heavy atom. The molecular weight excluding hydrogens is 229 g/mol. The molecule has 0 atom stereocenters. The van der Waals surface area contributed by atoms with Crippen LogP contribution < -0.4 is 4.74 Å². The molecule has 0 bridgehead atoms. The zero-order valence-electron chi connectivity index (χ0n) is 7.77. The summed E-state index contributed by atoms with van der Waals surface area (Å²) in [7, 11) is 0.898. The van der Waals surface area contributed by atoms with Crippen LogP contribution in [0.15, 0.2) is 0 Å². The molecule has 0 saturated carbocycles. The van der Waals surface area contributed by atoms with Gasteiger partial charge in [-0.15, -0.1) is 0 Å². The summed E-state index contributed by atoms with van der Waals surface area (Å²) in [6, 6.07) is 0. The number of rotatable bonds is 1. The van der Waals surface area contributed by atoms with Gasteiger partial charge < -0.3 is 9.47 Å². The molecule has 0 aliphatic carbocycles. The molecule has 0 unspecified atom stereocenters. The number of methoxy groups -OCH3 is 1. The molecule has 1 aliphatic heterocycles. The lowest BCUT2D eigenvalue weighted by Gasteiger charge is -2.06. The van der Waals surface area contributed by atoms with E-state index < -0.39 is 46.3 Å². The van der Waals surface area contributed by atoms with Gasteiger partial charge in [0.2, 0.25) is 5.82 Å². The van der Waals surface area contributed by atoms with Crippen molar-refractivity contribution in [1.82, 2.24) is 0 Å². The second-order valence-corrected chi connectivity index (χ2v) is 2.90. The average Bonchev–Trinajstić information content (AvgIpc) is 2.52. The maximum atomic E-state index is 13.5. The van der Waals surface area contributed by atoms with Crippen LogP contribution in [0.4, 0.5) is 13.2 Å². The van der Waals surface area contributed by atoms with Crippen LogP contribution in [-0.2, 0) is 4.74 Å². The van der Waals surface area contributed by atoms with E-state index in [2.05, 4.69) is 9.47 Å². The van der Waals surface area contributed by atoms with Crippen molar-refractivity contribution in [2.75, 3.05) is 7.11 Å². The largest absolute Gasteiger partial charge is 0.491 e. The van der Waals surface area contributed by atoms with E-state index in [1.807, 2.05) is 0 Å². The monoisotopic (exact) mass is 232 g/mol. The Morgan fingerprint density at radius 3 is 1.94 bits per heavy atom. The summed E-state index contributed by atoms with van der Waals surface area (Å²) < 4.78 is 48.1. The minimum absolute atomic E-state index is 0.898. The van der Waals surface area contributed by atoms with Crippen molar-refractivity contribution in [3.8, 4) is 5.75 Å². The number of cyclic esters (lactones) is 2. The first kappa shape index (κ1) is 10.5. The second-order valence-electron chi connectivity index (χ2n) is 2.90. The molecule has 0 N–H and O–H groups in total. The van der Waals surface area contributed by atoms with Crippen molar-refractivity contribution in [2.45, 2.75) is 0 Å². The number of fused-ring (bicyclic) bond motifs is 1. The SMILES string of the molecule is COc1c(F)c(F)c2c(c1F)C(=O)OC2=O. The summed E-state index contributed by atoms with van der Waals surface area (Å²) in [4.78, 5) is 21.9. The summed E-state index contributed by atoms with van der Waals surface area (Å²) in [5.74, 6) is -8.64. The van der Waals surface area contributed by atoms with Gasteiger partial charge in [0.15, 0.2) is 17.4 Å². The molecule has 1 aromatic rings. The van der Waals surface area contributed by atoms with E-state index in [0.717, 1.165) is 7.11 Å². The zero-order chi connectivity index (χ0) is 12.0. The van der Waals surface area contributed by atoms with E-state index in [1.165, 1.54) is 0 Å². The number of hydrogen-bond acceptors (Lipinski definition) is 4. The van der Waals surface area contributed by atoms with Gasteiger partial charge in [-0.1, -0.05) is 0 Å². The maximum Gasteiger partial charge on any atom is 0.350 e. The van der Waals surface area contributed by atoms with E-state index >= 15 is 0 Å². The number of esters is 2. The molecule has 0 aromatic heterocycles. The van der Waals surface area contributed by atoms with Gasteiger partial charge >= 0.3 is 11.9 Å². The fourth-order valence-corrected chi connectivity index (χ4v) is 1.39. The van der Waals surface area contributed by atoms with E-state index in [1.54, 1.807) is 0 Å². The van der Waals surface area contributed by atoms with Crippen LogP contribution in [0.25, 0.3) is 0 Å². The number of carbonyl (C=O) groups is 2. The van der Waals surface area contributed by atoms with Gasteiger partial charge in [-0.25, -0.2) is 18.4 Å². The van der Waals surface area contributed by atoms with Gasteiger partial charge in [0, 0.05) is 0 Å². The van der Waals surface area contributed by atoms with E-state index in [-0.39, 0.29) is 0 Å². The lowest BCUT2D eigenvalue weighted by atomic mass is 10.1. The highest BCUT2D eigenvalue weighted by Gasteiger charge is 2.40. The Hall–Kier alpha value is -2.05. The molecule has 84 valence electrons. The van der Waals surface area contributed by atoms with Gasteiger partial charge in [0.25, 0.3) is 0 Å². The van der Waals surface area contributed by atoms with Gasteiger partial charge in [0.05, 0.1) is 7.11 Å². The first-order valence-corrected chi connectivity index (χ1v) is 4.00. The Labute approximate surface area is 86.6 Å². The highest BCUT2D eigenvalue weighted by molar-refractivity contribution is 6.15. The summed E-state index contributed by atoms with van der Waals surface area (Å²) in [5.41, 5.74) is -1.98. The van der Waals surface area contributed by atoms with E-state index in [4.69, 9.17) is 0 Å². The highest BCUT2D eigenvalue weighted by Crippen LogP contribution is 2.34. The number of carbonyl (C=O) groups excluding carboxylic acids is 2. The summed E-state index contributed by atoms with van der Waals surface area (Å²) >= 11 is 0. The van der Waals surface area contributed by atoms with E-state index in [0.29, 0.717) is 0 Å². The minimum Gasteiger partial charge on any atom is -0.491 e.